The quantitative estimate of drug-likeness (QED) is 0.867. The van der Waals surface area contributed by atoms with Crippen molar-refractivity contribution in [3.63, 3.8) is 0 Å². The zero-order chi connectivity index (χ0) is 11.5. The Bertz CT molecular complexity index is 511. The molecule has 0 radical (unpaired) electrons. The first-order chi connectivity index (χ1) is 7.66. The average molecular weight is 256 g/mol. The molecule has 0 aliphatic rings. The van der Waals surface area contributed by atoms with E-state index in [1.54, 1.807) is 24.5 Å². The van der Waals surface area contributed by atoms with Crippen LogP contribution in [0.4, 0.5) is 5.95 Å². The molecule has 0 atom stereocenters. The zero-order valence-electron chi connectivity index (χ0n) is 8.00. The van der Waals surface area contributed by atoms with Gasteiger partial charge in [-0.25, -0.2) is 4.98 Å². The standard InChI is InChI=1S/C10H7Cl2N3O/c11-6-1-2-7(8(12)5-6)9(16)15-10-13-3-4-14-10/h1-5H,(H2,13,14,15,16). The third-order valence-electron chi connectivity index (χ3n) is 1.91. The maximum atomic E-state index is 11.7. The van der Waals surface area contributed by atoms with Crippen LogP contribution < -0.4 is 5.32 Å². The van der Waals surface area contributed by atoms with Crippen molar-refractivity contribution in [1.29, 1.82) is 0 Å². The molecular formula is C10H7Cl2N3O. The first-order valence-corrected chi connectivity index (χ1v) is 5.18. The first kappa shape index (κ1) is 11.0. The van der Waals surface area contributed by atoms with Crippen LogP contribution in [0.1, 0.15) is 10.4 Å². The van der Waals surface area contributed by atoms with Gasteiger partial charge in [0.05, 0.1) is 10.6 Å². The van der Waals surface area contributed by atoms with E-state index in [9.17, 15) is 4.79 Å². The fraction of sp³-hybridized carbons (Fsp3) is 0. The predicted octanol–water partition coefficient (Wildman–Crippen LogP) is 2.97. The van der Waals surface area contributed by atoms with E-state index in [0.29, 0.717) is 21.6 Å². The van der Waals surface area contributed by atoms with Crippen molar-refractivity contribution >= 4 is 35.1 Å². The number of imidazole rings is 1. The molecule has 0 bridgehead atoms. The number of H-pyrrole nitrogens is 1. The van der Waals surface area contributed by atoms with Crippen molar-refractivity contribution in [2.45, 2.75) is 0 Å². The number of anilines is 1. The summed E-state index contributed by atoms with van der Waals surface area (Å²) in [5, 5.41) is 3.35. The number of benzene rings is 1. The molecule has 0 spiro atoms. The molecule has 0 aliphatic carbocycles. The lowest BCUT2D eigenvalue weighted by molar-refractivity contribution is 0.102. The molecule has 2 N–H and O–H groups in total. The Kier molecular flexibility index (Phi) is 3.12. The predicted molar refractivity (Wildman–Crippen MR) is 63.0 cm³/mol. The van der Waals surface area contributed by atoms with Gasteiger partial charge in [-0.15, -0.1) is 0 Å². The van der Waals surface area contributed by atoms with E-state index in [2.05, 4.69) is 15.3 Å². The van der Waals surface area contributed by atoms with Gasteiger partial charge in [-0.1, -0.05) is 23.2 Å². The monoisotopic (exact) mass is 255 g/mol. The van der Waals surface area contributed by atoms with Crippen molar-refractivity contribution in [2.24, 2.45) is 0 Å². The van der Waals surface area contributed by atoms with E-state index in [0.717, 1.165) is 0 Å². The highest BCUT2D eigenvalue weighted by Crippen LogP contribution is 2.21. The van der Waals surface area contributed by atoms with Gasteiger partial charge in [0.15, 0.2) is 0 Å². The van der Waals surface area contributed by atoms with Gasteiger partial charge in [0.25, 0.3) is 5.91 Å². The Hall–Kier alpha value is -1.52. The molecule has 82 valence electrons. The largest absolute Gasteiger partial charge is 0.331 e. The first-order valence-electron chi connectivity index (χ1n) is 4.42. The zero-order valence-corrected chi connectivity index (χ0v) is 9.51. The highest BCUT2D eigenvalue weighted by atomic mass is 35.5. The van der Waals surface area contributed by atoms with Crippen LogP contribution in [0.3, 0.4) is 0 Å². The van der Waals surface area contributed by atoms with Crippen LogP contribution in [0.15, 0.2) is 30.6 Å². The number of halogens is 2. The van der Waals surface area contributed by atoms with Crippen molar-refractivity contribution in [3.8, 4) is 0 Å². The molecule has 4 nitrogen and oxygen atoms in total. The van der Waals surface area contributed by atoms with Crippen LogP contribution >= 0.6 is 23.2 Å². The molecular weight excluding hydrogens is 249 g/mol. The minimum Gasteiger partial charge on any atom is -0.331 e. The van der Waals surface area contributed by atoms with Gasteiger partial charge < -0.3 is 4.98 Å². The van der Waals surface area contributed by atoms with Gasteiger partial charge >= 0.3 is 0 Å². The highest BCUT2D eigenvalue weighted by Gasteiger charge is 2.11. The van der Waals surface area contributed by atoms with Crippen LogP contribution in [0, 0.1) is 0 Å². The molecule has 2 aromatic rings. The van der Waals surface area contributed by atoms with E-state index in [-0.39, 0.29) is 5.91 Å². The Morgan fingerprint density at radius 1 is 1.38 bits per heavy atom. The van der Waals surface area contributed by atoms with Crippen LogP contribution in [0.2, 0.25) is 10.0 Å². The minimum atomic E-state index is -0.336. The molecule has 1 heterocycles. The van der Waals surface area contributed by atoms with Gasteiger partial charge in [0.1, 0.15) is 0 Å². The SMILES string of the molecule is O=C(Nc1ncc[nH]1)c1ccc(Cl)cc1Cl. The topological polar surface area (TPSA) is 57.8 Å². The number of aromatic amines is 1. The number of hydrogen-bond acceptors (Lipinski definition) is 2. The Morgan fingerprint density at radius 2 is 2.19 bits per heavy atom. The van der Waals surface area contributed by atoms with Crippen LogP contribution in [0.5, 0.6) is 0 Å². The summed E-state index contributed by atoms with van der Waals surface area (Å²) in [5.41, 5.74) is 0.350. The van der Waals surface area contributed by atoms with Crippen LogP contribution in [0.25, 0.3) is 0 Å². The molecule has 1 aromatic heterocycles. The van der Waals surface area contributed by atoms with Gasteiger partial charge in [-0.05, 0) is 18.2 Å². The lowest BCUT2D eigenvalue weighted by Crippen LogP contribution is -2.13. The molecule has 1 aromatic carbocycles. The van der Waals surface area contributed by atoms with E-state index < -0.39 is 0 Å². The summed E-state index contributed by atoms with van der Waals surface area (Å²) in [6, 6.07) is 4.67. The number of nitrogens with zero attached hydrogens (tertiary/aromatic N) is 1. The van der Waals surface area contributed by atoms with Gasteiger partial charge in [0, 0.05) is 17.4 Å². The number of carbonyl (C=O) groups excluding carboxylic acids is 1. The molecule has 0 aliphatic heterocycles. The number of aromatic nitrogens is 2. The highest BCUT2D eigenvalue weighted by molar-refractivity contribution is 6.37. The number of amides is 1. The maximum Gasteiger partial charge on any atom is 0.259 e. The Morgan fingerprint density at radius 3 is 2.81 bits per heavy atom. The van der Waals surface area contributed by atoms with Gasteiger partial charge in [-0.3, -0.25) is 10.1 Å². The summed E-state index contributed by atoms with van der Waals surface area (Å²) in [7, 11) is 0. The molecule has 0 fully saturated rings. The molecule has 6 heteroatoms. The van der Waals surface area contributed by atoms with Crippen molar-refractivity contribution in [3.05, 3.63) is 46.2 Å². The molecule has 2 rings (SSSR count). The van der Waals surface area contributed by atoms with E-state index in [4.69, 9.17) is 23.2 Å². The van der Waals surface area contributed by atoms with Gasteiger partial charge in [0.2, 0.25) is 5.95 Å². The second-order valence-corrected chi connectivity index (χ2v) is 3.86. The fourth-order valence-electron chi connectivity index (χ4n) is 1.18. The number of hydrogen-bond donors (Lipinski definition) is 2. The summed E-state index contributed by atoms with van der Waals surface area (Å²) in [6.45, 7) is 0. The third-order valence-corrected chi connectivity index (χ3v) is 2.45. The van der Waals surface area contributed by atoms with Crippen LogP contribution in [-0.2, 0) is 0 Å². The number of nitrogens with one attached hydrogen (secondary N) is 2. The van der Waals surface area contributed by atoms with Crippen molar-refractivity contribution < 1.29 is 4.79 Å². The van der Waals surface area contributed by atoms with E-state index in [1.165, 1.54) is 6.07 Å². The fourth-order valence-corrected chi connectivity index (χ4v) is 1.68. The third kappa shape index (κ3) is 2.35. The number of carbonyl (C=O) groups is 1. The van der Waals surface area contributed by atoms with Gasteiger partial charge in [-0.2, -0.15) is 0 Å². The lowest BCUT2D eigenvalue weighted by Gasteiger charge is -2.04. The summed E-state index contributed by atoms with van der Waals surface area (Å²) < 4.78 is 0. The normalized spacial score (nSPS) is 10.1. The van der Waals surface area contributed by atoms with Crippen LogP contribution in [-0.4, -0.2) is 15.9 Å². The lowest BCUT2D eigenvalue weighted by atomic mass is 10.2. The second kappa shape index (κ2) is 4.55. The van der Waals surface area contributed by atoms with Crippen molar-refractivity contribution in [1.82, 2.24) is 9.97 Å². The summed E-state index contributed by atoms with van der Waals surface area (Å²) in [6.07, 6.45) is 3.15. The molecule has 0 saturated carbocycles. The molecule has 0 unspecified atom stereocenters. The van der Waals surface area contributed by atoms with Crippen molar-refractivity contribution in [2.75, 3.05) is 5.32 Å². The average Bonchev–Trinajstić information content (AvgIpc) is 2.70. The minimum absolute atomic E-state index is 0.302. The van der Waals surface area contributed by atoms with E-state index >= 15 is 0 Å². The smallest absolute Gasteiger partial charge is 0.259 e. The summed E-state index contributed by atoms with van der Waals surface area (Å²) in [4.78, 5) is 18.4. The Labute approximate surface area is 102 Å². The second-order valence-electron chi connectivity index (χ2n) is 3.02. The number of rotatable bonds is 2. The summed E-state index contributed by atoms with van der Waals surface area (Å²) >= 11 is 11.6. The Balaban J connectivity index is 2.21. The maximum absolute atomic E-state index is 11.7. The molecule has 1 amide bonds. The molecule has 0 saturated heterocycles. The molecule has 16 heavy (non-hydrogen) atoms. The summed E-state index contributed by atoms with van der Waals surface area (Å²) in [5.74, 6) is 0.0348. The van der Waals surface area contributed by atoms with E-state index in [1.807, 2.05) is 0 Å².